The summed E-state index contributed by atoms with van der Waals surface area (Å²) in [5.41, 5.74) is 9.85. The minimum Gasteiger partial charge on any atom is -0.497 e. The van der Waals surface area contributed by atoms with E-state index in [0.717, 1.165) is 22.3 Å². The number of hydrogen-bond acceptors (Lipinski definition) is 4. The quantitative estimate of drug-likeness (QED) is 0.625. The molecule has 0 unspecified atom stereocenters. The van der Waals surface area contributed by atoms with Crippen LogP contribution in [0.4, 0.5) is 11.4 Å². The minimum absolute atomic E-state index is 0.485. The first-order valence-electron chi connectivity index (χ1n) is 9.36. The lowest BCUT2D eigenvalue weighted by atomic mass is 10.2. The molecule has 3 N–H and O–H groups in total. The smallest absolute Gasteiger partial charge is 0.235 e. The van der Waals surface area contributed by atoms with Crippen LogP contribution in [-0.2, 0) is 16.6 Å². The molecular weight excluding hydrogens is 386 g/mol. The third-order valence-electron chi connectivity index (χ3n) is 4.70. The number of anilines is 2. The van der Waals surface area contributed by atoms with Gasteiger partial charge in [-0.05, 0) is 57.0 Å². The van der Waals surface area contributed by atoms with Crippen molar-refractivity contribution in [2.45, 2.75) is 32.6 Å². The number of aryl methyl sites for hydroxylation is 1. The predicted octanol–water partition coefficient (Wildman–Crippen LogP) is 3.80. The second-order valence-corrected chi connectivity index (χ2v) is 9.15. The average molecular weight is 412 g/mol. The van der Waals surface area contributed by atoms with Crippen molar-refractivity contribution in [3.05, 3.63) is 53.7 Å². The number of sulfonamides is 1. The lowest BCUT2D eigenvalue weighted by Gasteiger charge is -2.10. The van der Waals surface area contributed by atoms with E-state index >= 15 is 0 Å². The summed E-state index contributed by atoms with van der Waals surface area (Å²) < 4.78 is 34.1. The molecule has 0 aliphatic carbocycles. The maximum atomic E-state index is 12.1. The zero-order valence-corrected chi connectivity index (χ0v) is 17.8. The van der Waals surface area contributed by atoms with Crippen molar-refractivity contribution in [1.29, 1.82) is 0 Å². The largest absolute Gasteiger partial charge is 0.497 e. The van der Waals surface area contributed by atoms with Gasteiger partial charge in [0.05, 0.1) is 23.6 Å². The van der Waals surface area contributed by atoms with Gasteiger partial charge in [0.25, 0.3) is 0 Å². The molecule has 0 amide bonds. The van der Waals surface area contributed by atoms with Gasteiger partial charge in [-0.25, -0.2) is 8.42 Å². The maximum Gasteiger partial charge on any atom is 0.235 e. The fraction of sp³-hybridized carbons (Fsp3) is 0.273. The lowest BCUT2D eigenvalue weighted by Crippen LogP contribution is -2.22. The molecule has 0 aliphatic heterocycles. The van der Waals surface area contributed by atoms with Gasteiger partial charge < -0.3 is 15.0 Å². The van der Waals surface area contributed by atoms with E-state index in [0.29, 0.717) is 23.5 Å². The Balaban J connectivity index is 2.01. The molecule has 0 saturated heterocycles. The molecule has 1 aromatic heterocycles. The number of rotatable bonds is 5. The fourth-order valence-electron chi connectivity index (χ4n) is 3.02. The lowest BCUT2D eigenvalue weighted by molar-refractivity contribution is 0.415. The minimum atomic E-state index is -3.41. The number of hydrogen-bond donors (Lipinski definition) is 2. The zero-order valence-electron chi connectivity index (χ0n) is 17.0. The third kappa shape index (κ3) is 4.17. The van der Waals surface area contributed by atoms with Crippen LogP contribution in [0.2, 0.25) is 0 Å². The molecule has 1 heterocycles. The summed E-state index contributed by atoms with van der Waals surface area (Å²) in [6.45, 7) is 6.00. The van der Waals surface area contributed by atoms with Gasteiger partial charge in [-0.3, -0.25) is 4.72 Å². The number of fused-ring (bicyclic) bond motifs is 1. The van der Waals surface area contributed by atoms with E-state index < -0.39 is 15.3 Å². The maximum absolute atomic E-state index is 12.1. The number of benzene rings is 2. The molecule has 0 saturated carbocycles. The van der Waals surface area contributed by atoms with Gasteiger partial charge in [0.15, 0.2) is 0 Å². The molecule has 0 spiro atoms. The van der Waals surface area contributed by atoms with E-state index in [2.05, 4.69) is 16.6 Å². The Morgan fingerprint density at radius 2 is 1.93 bits per heavy atom. The number of nitrogens with one attached hydrogen (secondary N) is 1. The van der Waals surface area contributed by atoms with Gasteiger partial charge in [0.1, 0.15) is 11.4 Å². The highest BCUT2D eigenvalue weighted by atomic mass is 32.2. The number of methoxy groups -OCH3 is 1. The number of nitrogen functional groups attached to an aromatic ring is 1. The Bertz CT molecular complexity index is 1220. The van der Waals surface area contributed by atoms with Crippen molar-refractivity contribution in [2.75, 3.05) is 17.6 Å². The fourth-order valence-corrected chi connectivity index (χ4v) is 3.71. The molecule has 3 aromatic rings. The second kappa shape index (κ2) is 8.10. The first kappa shape index (κ1) is 20.6. The highest BCUT2D eigenvalue weighted by Gasteiger charge is 2.16. The van der Waals surface area contributed by atoms with E-state index in [1.54, 1.807) is 39.2 Å². The van der Waals surface area contributed by atoms with Crippen molar-refractivity contribution in [3.8, 4) is 17.6 Å². The molecule has 2 aromatic carbocycles. The van der Waals surface area contributed by atoms with Crippen LogP contribution in [0.3, 0.4) is 0 Å². The third-order valence-corrected chi connectivity index (χ3v) is 6.46. The van der Waals surface area contributed by atoms with Crippen LogP contribution < -0.4 is 15.2 Å². The first-order valence-corrected chi connectivity index (χ1v) is 10.9. The number of ether oxygens (including phenoxy) is 1. The molecule has 0 radical (unpaired) electrons. The molecule has 0 atom stereocenters. The molecule has 0 fully saturated rings. The van der Waals surface area contributed by atoms with Crippen molar-refractivity contribution >= 4 is 32.3 Å². The highest BCUT2D eigenvalue weighted by molar-refractivity contribution is 7.93. The summed E-state index contributed by atoms with van der Waals surface area (Å²) in [7, 11) is -1.78. The normalized spacial score (nSPS) is 11.3. The molecule has 7 heteroatoms. The summed E-state index contributed by atoms with van der Waals surface area (Å²) in [6, 6.07) is 12.8. The van der Waals surface area contributed by atoms with Crippen LogP contribution in [0.15, 0.2) is 42.5 Å². The van der Waals surface area contributed by atoms with Gasteiger partial charge in [-0.2, -0.15) is 0 Å². The van der Waals surface area contributed by atoms with Crippen molar-refractivity contribution in [1.82, 2.24) is 4.57 Å². The van der Waals surface area contributed by atoms with Crippen LogP contribution >= 0.6 is 0 Å². The summed E-state index contributed by atoms with van der Waals surface area (Å²) in [5, 5.41) is 0.407. The van der Waals surface area contributed by atoms with Gasteiger partial charge >= 0.3 is 0 Å². The highest BCUT2D eigenvalue weighted by Crippen LogP contribution is 2.31. The van der Waals surface area contributed by atoms with Gasteiger partial charge in [-0.15, -0.1) is 0 Å². The summed E-state index contributed by atoms with van der Waals surface area (Å²) >= 11 is 0. The van der Waals surface area contributed by atoms with E-state index in [-0.39, 0.29) is 0 Å². The average Bonchev–Trinajstić information content (AvgIpc) is 2.96. The van der Waals surface area contributed by atoms with Crippen LogP contribution in [0.1, 0.15) is 32.0 Å². The Kier molecular flexibility index (Phi) is 5.76. The van der Waals surface area contributed by atoms with Crippen LogP contribution in [0.5, 0.6) is 5.75 Å². The standard InChI is InChI=1S/C22H25N3O3S/c1-5-25-20(22(23)19-11-10-18(28-4)14-21(19)25)12-9-16-7-6-8-17(13-16)24-29(26,27)15(2)3/h6-8,10-11,13-15,24H,5,23H2,1-4H3. The van der Waals surface area contributed by atoms with Gasteiger partial charge in [0, 0.05) is 29.2 Å². The van der Waals surface area contributed by atoms with E-state index in [9.17, 15) is 8.42 Å². The summed E-state index contributed by atoms with van der Waals surface area (Å²) in [5.74, 6) is 7.02. The van der Waals surface area contributed by atoms with Crippen LogP contribution in [0, 0.1) is 11.8 Å². The monoisotopic (exact) mass is 411 g/mol. The van der Waals surface area contributed by atoms with E-state index in [1.165, 1.54) is 0 Å². The van der Waals surface area contributed by atoms with Crippen molar-refractivity contribution in [3.63, 3.8) is 0 Å². The SMILES string of the molecule is CCn1c(C#Cc2cccc(NS(=O)(=O)C(C)C)c2)c(N)c2ccc(OC)cc21. The number of nitrogens with two attached hydrogens (primary N) is 1. The first-order chi connectivity index (χ1) is 13.8. The summed E-state index contributed by atoms with van der Waals surface area (Å²) in [6.07, 6.45) is 0. The van der Waals surface area contributed by atoms with E-state index in [4.69, 9.17) is 10.5 Å². The predicted molar refractivity (Wildman–Crippen MR) is 119 cm³/mol. The Morgan fingerprint density at radius 1 is 1.17 bits per heavy atom. The van der Waals surface area contributed by atoms with E-state index in [1.807, 2.05) is 35.8 Å². The Labute approximate surface area is 171 Å². The molecule has 0 bridgehead atoms. The number of aromatic nitrogens is 1. The van der Waals surface area contributed by atoms with Crippen molar-refractivity contribution in [2.24, 2.45) is 0 Å². The second-order valence-electron chi connectivity index (χ2n) is 6.92. The molecule has 152 valence electrons. The van der Waals surface area contributed by atoms with Gasteiger partial charge in [0.2, 0.25) is 10.0 Å². The molecule has 29 heavy (non-hydrogen) atoms. The molecule has 6 nitrogen and oxygen atoms in total. The Hall–Kier alpha value is -3.11. The van der Waals surface area contributed by atoms with Gasteiger partial charge in [-0.1, -0.05) is 12.0 Å². The van der Waals surface area contributed by atoms with Crippen LogP contribution in [0.25, 0.3) is 10.9 Å². The zero-order chi connectivity index (χ0) is 21.2. The topological polar surface area (TPSA) is 86.4 Å². The summed E-state index contributed by atoms with van der Waals surface area (Å²) in [4.78, 5) is 0. The molecule has 0 aliphatic rings. The van der Waals surface area contributed by atoms with Crippen molar-refractivity contribution < 1.29 is 13.2 Å². The molecule has 3 rings (SSSR count). The number of nitrogens with zero attached hydrogens (tertiary/aromatic N) is 1. The van der Waals surface area contributed by atoms with Crippen LogP contribution in [-0.4, -0.2) is 25.3 Å². The molecular formula is C22H25N3O3S. The Morgan fingerprint density at radius 3 is 2.59 bits per heavy atom.